The highest BCUT2D eigenvalue weighted by Crippen LogP contribution is 2.06. The van der Waals surface area contributed by atoms with Gasteiger partial charge in [-0.15, -0.1) is 0 Å². The Balaban J connectivity index is 2.96. The number of H-pyrrole nitrogens is 1. The van der Waals surface area contributed by atoms with Gasteiger partial charge in [-0.2, -0.15) is 24.4 Å². The minimum atomic E-state index is -1.26. The Hall–Kier alpha value is -2.78. The molecule has 34 heavy (non-hydrogen) atoms. The van der Waals surface area contributed by atoms with Crippen LogP contribution >= 0.6 is 24.4 Å². The number of nitrogens with one attached hydrogen (secondary N) is 4. The van der Waals surface area contributed by atoms with Gasteiger partial charge in [0.15, 0.2) is 0 Å². The molecule has 0 spiro atoms. The van der Waals surface area contributed by atoms with Crippen molar-refractivity contribution in [1.29, 1.82) is 0 Å². The summed E-state index contributed by atoms with van der Waals surface area (Å²) < 4.78 is 0. The van der Waals surface area contributed by atoms with Crippen LogP contribution in [0, 0.1) is 0 Å². The molecule has 0 radical (unpaired) electrons. The molecule has 1 aromatic rings. The number of imidazole rings is 1. The van der Waals surface area contributed by atoms with Crippen molar-refractivity contribution in [1.82, 2.24) is 25.9 Å². The molecule has 0 aromatic carbocycles. The normalized spacial score (nSPS) is 14.3. The Kier molecular flexibility index (Phi) is 13.1. The van der Waals surface area contributed by atoms with Gasteiger partial charge in [-0.25, -0.2) is 9.78 Å². The molecule has 13 nitrogen and oxygen atoms in total. The Labute approximate surface area is 206 Å². The van der Waals surface area contributed by atoms with E-state index in [0.717, 1.165) is 0 Å². The van der Waals surface area contributed by atoms with Crippen molar-refractivity contribution < 1.29 is 29.1 Å². The summed E-state index contributed by atoms with van der Waals surface area (Å²) in [6.07, 6.45) is 4.49. The highest BCUT2D eigenvalue weighted by Gasteiger charge is 2.30. The number of aromatic amines is 1. The number of hydrogen-bond donors (Lipinski definition) is 8. The van der Waals surface area contributed by atoms with Gasteiger partial charge in [0.05, 0.1) is 12.4 Å². The van der Waals surface area contributed by atoms with Gasteiger partial charge in [0.1, 0.15) is 18.1 Å². The molecule has 0 aliphatic rings. The van der Waals surface area contributed by atoms with E-state index >= 15 is 0 Å². The Morgan fingerprint density at radius 3 is 2.18 bits per heavy atom. The zero-order valence-corrected chi connectivity index (χ0v) is 20.4. The van der Waals surface area contributed by atoms with Crippen molar-refractivity contribution in [2.45, 2.75) is 49.9 Å². The first kappa shape index (κ1) is 29.3. The number of nitrogens with zero attached hydrogens (tertiary/aromatic N) is 1. The standard InChI is InChI=1S/C19H31N7O6S2/c1-34-5-4-13(18(30)26-14(19(31)32)6-10-7-22-9-23-10)25-17(29)12(2-3-15(21)27)24-16(28)11(20)8-33/h7,9,11-14,33H,2-6,8,20H2,1H3,(H2,21,27)(H,22,23)(H,24,28)(H,25,29)(H,26,30)(H,31,32). The van der Waals surface area contributed by atoms with Crippen LogP contribution in [0.15, 0.2) is 12.5 Å². The minimum absolute atomic E-state index is 0.0294. The molecule has 190 valence electrons. The van der Waals surface area contributed by atoms with Crippen molar-refractivity contribution in [2.24, 2.45) is 11.5 Å². The zero-order valence-electron chi connectivity index (χ0n) is 18.7. The number of carbonyl (C=O) groups excluding carboxylic acids is 4. The largest absolute Gasteiger partial charge is 0.480 e. The number of carbonyl (C=O) groups is 5. The summed E-state index contributed by atoms with van der Waals surface area (Å²) in [5.74, 6) is -3.52. The quantitative estimate of drug-likeness (QED) is 0.111. The van der Waals surface area contributed by atoms with Gasteiger partial charge in [0, 0.05) is 30.5 Å². The van der Waals surface area contributed by atoms with Crippen molar-refractivity contribution in [3.05, 3.63) is 18.2 Å². The number of thiol groups is 1. The van der Waals surface area contributed by atoms with E-state index in [0.29, 0.717) is 11.4 Å². The molecule has 4 amide bonds. The monoisotopic (exact) mass is 517 g/mol. The second-order valence-electron chi connectivity index (χ2n) is 7.38. The lowest BCUT2D eigenvalue weighted by Crippen LogP contribution is -2.57. The predicted molar refractivity (Wildman–Crippen MR) is 129 cm³/mol. The smallest absolute Gasteiger partial charge is 0.326 e. The third kappa shape index (κ3) is 10.4. The van der Waals surface area contributed by atoms with Crippen LogP contribution in [0.5, 0.6) is 0 Å². The predicted octanol–water partition coefficient (Wildman–Crippen LogP) is -2.23. The lowest BCUT2D eigenvalue weighted by atomic mass is 10.1. The first-order valence-corrected chi connectivity index (χ1v) is 12.4. The highest BCUT2D eigenvalue weighted by molar-refractivity contribution is 7.98. The van der Waals surface area contributed by atoms with Gasteiger partial charge in [-0.1, -0.05) is 0 Å². The minimum Gasteiger partial charge on any atom is -0.480 e. The summed E-state index contributed by atoms with van der Waals surface area (Å²) in [6, 6.07) is -4.52. The fraction of sp³-hybridized carbons (Fsp3) is 0.579. The molecule has 1 aromatic heterocycles. The number of carboxylic acids is 1. The second-order valence-corrected chi connectivity index (χ2v) is 8.73. The molecular formula is C19H31N7O6S2. The third-order valence-corrected chi connectivity index (χ3v) is 5.72. The number of carboxylic acid groups (broad SMARTS) is 1. The van der Waals surface area contributed by atoms with Crippen LogP contribution in [-0.4, -0.2) is 86.6 Å². The van der Waals surface area contributed by atoms with E-state index in [-0.39, 0.29) is 31.4 Å². The molecule has 4 atom stereocenters. The van der Waals surface area contributed by atoms with Crippen LogP contribution in [0.25, 0.3) is 0 Å². The van der Waals surface area contributed by atoms with Crippen LogP contribution < -0.4 is 27.4 Å². The Bertz CT molecular complexity index is 839. The van der Waals surface area contributed by atoms with Crippen LogP contribution in [0.3, 0.4) is 0 Å². The van der Waals surface area contributed by atoms with E-state index in [2.05, 4.69) is 38.5 Å². The van der Waals surface area contributed by atoms with E-state index in [1.165, 1.54) is 24.3 Å². The van der Waals surface area contributed by atoms with Gasteiger partial charge in [0.2, 0.25) is 23.6 Å². The third-order valence-electron chi connectivity index (χ3n) is 4.68. The fourth-order valence-corrected chi connectivity index (χ4v) is 3.42. The number of nitrogens with two attached hydrogens (primary N) is 2. The number of primary amides is 1. The molecule has 0 saturated heterocycles. The number of rotatable bonds is 16. The lowest BCUT2D eigenvalue weighted by Gasteiger charge is -2.25. The number of hydrogen-bond acceptors (Lipinski definition) is 9. The number of aromatic nitrogens is 2. The lowest BCUT2D eigenvalue weighted by molar-refractivity contribution is -0.142. The van der Waals surface area contributed by atoms with Crippen molar-refractivity contribution >= 4 is 54.0 Å². The first-order chi connectivity index (χ1) is 16.1. The maximum atomic E-state index is 12.9. The molecule has 1 rings (SSSR count). The maximum Gasteiger partial charge on any atom is 0.326 e. The maximum absolute atomic E-state index is 12.9. The molecule has 0 bridgehead atoms. The summed E-state index contributed by atoms with van der Waals surface area (Å²) in [5, 5.41) is 16.9. The highest BCUT2D eigenvalue weighted by atomic mass is 32.2. The molecule has 4 unspecified atom stereocenters. The molecule has 9 N–H and O–H groups in total. The molecule has 15 heteroatoms. The molecule has 0 saturated carbocycles. The zero-order chi connectivity index (χ0) is 25.7. The summed E-state index contributed by atoms with van der Waals surface area (Å²) in [7, 11) is 0. The van der Waals surface area contributed by atoms with E-state index in [1.54, 1.807) is 0 Å². The van der Waals surface area contributed by atoms with Gasteiger partial charge in [-0.3, -0.25) is 19.2 Å². The van der Waals surface area contributed by atoms with Gasteiger partial charge < -0.3 is 37.5 Å². The number of amides is 4. The average molecular weight is 518 g/mol. The number of thioether (sulfide) groups is 1. The summed E-state index contributed by atoms with van der Waals surface area (Å²) in [4.78, 5) is 67.4. The summed E-state index contributed by atoms with van der Waals surface area (Å²) in [5.41, 5.74) is 11.3. The molecule has 0 aliphatic carbocycles. The van der Waals surface area contributed by atoms with Gasteiger partial charge in [-0.05, 0) is 24.9 Å². The number of aliphatic carboxylic acids is 1. The Morgan fingerprint density at radius 2 is 1.68 bits per heavy atom. The van der Waals surface area contributed by atoms with Crippen LogP contribution in [0.4, 0.5) is 0 Å². The van der Waals surface area contributed by atoms with Crippen molar-refractivity contribution in [3.8, 4) is 0 Å². The van der Waals surface area contributed by atoms with E-state index in [4.69, 9.17) is 11.5 Å². The van der Waals surface area contributed by atoms with Gasteiger partial charge >= 0.3 is 5.97 Å². The second kappa shape index (κ2) is 15.2. The summed E-state index contributed by atoms with van der Waals surface area (Å²) >= 11 is 5.37. The Morgan fingerprint density at radius 1 is 1.09 bits per heavy atom. The van der Waals surface area contributed by atoms with Crippen LogP contribution in [0.2, 0.25) is 0 Å². The van der Waals surface area contributed by atoms with E-state index < -0.39 is 53.8 Å². The van der Waals surface area contributed by atoms with E-state index in [9.17, 15) is 29.1 Å². The topological polar surface area (TPSA) is 222 Å². The summed E-state index contributed by atoms with van der Waals surface area (Å²) in [6.45, 7) is 0. The first-order valence-electron chi connectivity index (χ1n) is 10.3. The van der Waals surface area contributed by atoms with Crippen molar-refractivity contribution in [2.75, 3.05) is 17.8 Å². The van der Waals surface area contributed by atoms with Crippen LogP contribution in [-0.2, 0) is 30.4 Å². The molecule has 1 heterocycles. The molecular weight excluding hydrogens is 486 g/mol. The van der Waals surface area contributed by atoms with Crippen LogP contribution in [0.1, 0.15) is 25.0 Å². The SMILES string of the molecule is CSCCC(NC(=O)C(CCC(N)=O)NC(=O)C(N)CS)C(=O)NC(Cc1cnc[nH]1)C(=O)O. The van der Waals surface area contributed by atoms with Gasteiger partial charge in [0.25, 0.3) is 0 Å². The van der Waals surface area contributed by atoms with Crippen molar-refractivity contribution in [3.63, 3.8) is 0 Å². The molecule has 0 aliphatic heterocycles. The van der Waals surface area contributed by atoms with E-state index in [1.807, 2.05) is 6.26 Å². The average Bonchev–Trinajstić information content (AvgIpc) is 3.30. The molecule has 0 fully saturated rings. The fourth-order valence-electron chi connectivity index (χ4n) is 2.78.